The molecular formula is C12H14ClN3O. The standard InChI is InChI=1S/C12H14ClN3O/c13-7-4-9(14)12-10(5-7)15-11(16-12)6-8-2-1-3-17-8/h4-5,8H,1-3,6,14H2,(H,15,16). The quantitative estimate of drug-likeness (QED) is 0.806. The van der Waals surface area contributed by atoms with E-state index in [0.29, 0.717) is 10.7 Å². The van der Waals surface area contributed by atoms with Gasteiger partial charge >= 0.3 is 0 Å². The largest absolute Gasteiger partial charge is 0.397 e. The minimum Gasteiger partial charge on any atom is -0.397 e. The number of nitrogens with one attached hydrogen (secondary N) is 1. The molecule has 90 valence electrons. The van der Waals surface area contributed by atoms with Gasteiger partial charge < -0.3 is 15.5 Å². The van der Waals surface area contributed by atoms with Crippen molar-refractivity contribution in [3.63, 3.8) is 0 Å². The summed E-state index contributed by atoms with van der Waals surface area (Å²) in [5, 5.41) is 0.627. The summed E-state index contributed by atoms with van der Waals surface area (Å²) in [5.74, 6) is 0.917. The van der Waals surface area contributed by atoms with Crippen molar-refractivity contribution in [3.05, 3.63) is 23.0 Å². The molecule has 1 aliphatic heterocycles. The number of imidazole rings is 1. The first-order chi connectivity index (χ1) is 8.22. The third kappa shape index (κ3) is 2.10. The molecule has 1 aliphatic rings. The number of fused-ring (bicyclic) bond motifs is 1. The summed E-state index contributed by atoms with van der Waals surface area (Å²) in [7, 11) is 0. The second-order valence-corrected chi connectivity index (χ2v) is 4.85. The van der Waals surface area contributed by atoms with E-state index in [4.69, 9.17) is 22.1 Å². The van der Waals surface area contributed by atoms with Crippen molar-refractivity contribution >= 4 is 28.3 Å². The van der Waals surface area contributed by atoms with Gasteiger partial charge in [-0.3, -0.25) is 0 Å². The normalized spacial score (nSPS) is 20.2. The molecule has 0 aliphatic carbocycles. The van der Waals surface area contributed by atoms with Gasteiger partial charge in [-0.25, -0.2) is 4.98 Å². The summed E-state index contributed by atoms with van der Waals surface area (Å²) in [6, 6.07) is 3.57. The van der Waals surface area contributed by atoms with Gasteiger partial charge in [-0.05, 0) is 25.0 Å². The minimum absolute atomic E-state index is 0.284. The van der Waals surface area contributed by atoms with Crippen LogP contribution in [0.3, 0.4) is 0 Å². The van der Waals surface area contributed by atoms with Crippen molar-refractivity contribution in [1.82, 2.24) is 9.97 Å². The van der Waals surface area contributed by atoms with Gasteiger partial charge in [-0.1, -0.05) is 11.6 Å². The highest BCUT2D eigenvalue weighted by atomic mass is 35.5. The van der Waals surface area contributed by atoms with Gasteiger partial charge in [-0.15, -0.1) is 0 Å². The van der Waals surface area contributed by atoms with Crippen molar-refractivity contribution in [2.75, 3.05) is 12.3 Å². The lowest BCUT2D eigenvalue weighted by molar-refractivity contribution is 0.110. The molecule has 1 unspecified atom stereocenters. The van der Waals surface area contributed by atoms with E-state index in [2.05, 4.69) is 9.97 Å². The van der Waals surface area contributed by atoms with Crippen molar-refractivity contribution in [2.24, 2.45) is 0 Å². The van der Waals surface area contributed by atoms with E-state index in [1.807, 2.05) is 6.07 Å². The highest BCUT2D eigenvalue weighted by Crippen LogP contribution is 2.25. The number of hydrogen-bond donors (Lipinski definition) is 2. The Morgan fingerprint density at radius 2 is 2.41 bits per heavy atom. The van der Waals surface area contributed by atoms with Crippen molar-refractivity contribution in [2.45, 2.75) is 25.4 Å². The number of ether oxygens (including phenoxy) is 1. The first-order valence-corrected chi connectivity index (χ1v) is 6.15. The molecule has 5 heteroatoms. The molecule has 0 spiro atoms. The van der Waals surface area contributed by atoms with Gasteiger partial charge in [-0.2, -0.15) is 0 Å². The molecule has 0 saturated carbocycles. The lowest BCUT2D eigenvalue weighted by Crippen LogP contribution is -2.09. The topological polar surface area (TPSA) is 63.9 Å². The molecule has 17 heavy (non-hydrogen) atoms. The third-order valence-corrected chi connectivity index (χ3v) is 3.29. The van der Waals surface area contributed by atoms with Gasteiger partial charge in [0.25, 0.3) is 0 Å². The van der Waals surface area contributed by atoms with Crippen LogP contribution >= 0.6 is 11.6 Å². The third-order valence-electron chi connectivity index (χ3n) is 3.07. The van der Waals surface area contributed by atoms with E-state index in [1.165, 1.54) is 0 Å². The summed E-state index contributed by atoms with van der Waals surface area (Å²) < 4.78 is 5.59. The summed E-state index contributed by atoms with van der Waals surface area (Å²) in [6.45, 7) is 0.860. The highest BCUT2D eigenvalue weighted by molar-refractivity contribution is 6.31. The number of benzene rings is 1. The lowest BCUT2D eigenvalue weighted by atomic mass is 10.2. The summed E-state index contributed by atoms with van der Waals surface area (Å²) in [5.41, 5.74) is 8.18. The fourth-order valence-corrected chi connectivity index (χ4v) is 2.50. The predicted molar refractivity (Wildman–Crippen MR) is 68.2 cm³/mol. The zero-order valence-electron chi connectivity index (χ0n) is 9.37. The zero-order valence-corrected chi connectivity index (χ0v) is 10.1. The molecule has 0 radical (unpaired) electrons. The van der Waals surface area contributed by atoms with Gasteiger partial charge in [0.2, 0.25) is 0 Å². The number of rotatable bonds is 2. The zero-order chi connectivity index (χ0) is 11.8. The van der Waals surface area contributed by atoms with E-state index in [1.54, 1.807) is 6.07 Å². The maximum atomic E-state index is 5.95. The molecule has 2 heterocycles. The van der Waals surface area contributed by atoms with Crippen LogP contribution in [0.15, 0.2) is 12.1 Å². The summed E-state index contributed by atoms with van der Waals surface area (Å²) in [4.78, 5) is 7.75. The van der Waals surface area contributed by atoms with Crippen LogP contribution in [0.1, 0.15) is 18.7 Å². The maximum absolute atomic E-state index is 5.95. The van der Waals surface area contributed by atoms with Crippen LogP contribution in [-0.2, 0) is 11.2 Å². The molecule has 3 rings (SSSR count). The second kappa shape index (κ2) is 4.20. The Kier molecular flexibility index (Phi) is 2.68. The second-order valence-electron chi connectivity index (χ2n) is 4.41. The molecular weight excluding hydrogens is 238 g/mol. The predicted octanol–water partition coefficient (Wildman–Crippen LogP) is 2.52. The smallest absolute Gasteiger partial charge is 0.112 e. The number of hydrogen-bond acceptors (Lipinski definition) is 3. The van der Waals surface area contributed by atoms with Crippen LogP contribution in [-0.4, -0.2) is 22.7 Å². The van der Waals surface area contributed by atoms with Crippen LogP contribution in [0, 0.1) is 0 Å². The molecule has 4 nitrogen and oxygen atoms in total. The Morgan fingerprint density at radius 1 is 1.53 bits per heavy atom. The molecule has 1 fully saturated rings. The molecule has 1 atom stereocenters. The van der Waals surface area contributed by atoms with Crippen LogP contribution in [0.25, 0.3) is 11.0 Å². The van der Waals surface area contributed by atoms with Crippen LogP contribution in [0.5, 0.6) is 0 Å². The molecule has 1 aromatic heterocycles. The monoisotopic (exact) mass is 251 g/mol. The van der Waals surface area contributed by atoms with Gasteiger partial charge in [0.05, 0.1) is 17.3 Å². The molecule has 0 amide bonds. The molecule has 1 saturated heterocycles. The summed E-state index contributed by atoms with van der Waals surface area (Å²) in [6.07, 6.45) is 3.34. The van der Waals surface area contributed by atoms with Crippen LogP contribution in [0.2, 0.25) is 5.02 Å². The Balaban J connectivity index is 1.93. The van der Waals surface area contributed by atoms with Crippen LogP contribution < -0.4 is 5.73 Å². The number of anilines is 1. The minimum atomic E-state index is 0.284. The van der Waals surface area contributed by atoms with E-state index in [9.17, 15) is 0 Å². The average molecular weight is 252 g/mol. The molecule has 0 bridgehead atoms. The highest BCUT2D eigenvalue weighted by Gasteiger charge is 2.18. The van der Waals surface area contributed by atoms with E-state index in [0.717, 1.165) is 42.7 Å². The van der Waals surface area contributed by atoms with E-state index in [-0.39, 0.29) is 6.10 Å². The van der Waals surface area contributed by atoms with Gasteiger partial charge in [0.15, 0.2) is 0 Å². The summed E-state index contributed by atoms with van der Waals surface area (Å²) >= 11 is 5.95. The number of aromatic amines is 1. The number of nitrogen functional groups attached to an aromatic ring is 1. The molecule has 2 aromatic rings. The maximum Gasteiger partial charge on any atom is 0.112 e. The number of H-pyrrole nitrogens is 1. The van der Waals surface area contributed by atoms with Crippen LogP contribution in [0.4, 0.5) is 5.69 Å². The van der Waals surface area contributed by atoms with Gasteiger partial charge in [0.1, 0.15) is 11.3 Å². The number of halogens is 1. The van der Waals surface area contributed by atoms with E-state index >= 15 is 0 Å². The molecule has 1 aromatic carbocycles. The van der Waals surface area contributed by atoms with Gasteiger partial charge in [0, 0.05) is 18.1 Å². The fraction of sp³-hybridized carbons (Fsp3) is 0.417. The Hall–Kier alpha value is -1.26. The van der Waals surface area contributed by atoms with Crippen molar-refractivity contribution < 1.29 is 4.74 Å². The Labute approximate surface area is 104 Å². The fourth-order valence-electron chi connectivity index (χ4n) is 2.28. The Morgan fingerprint density at radius 3 is 3.18 bits per heavy atom. The first kappa shape index (κ1) is 10.9. The van der Waals surface area contributed by atoms with Crippen molar-refractivity contribution in [1.29, 1.82) is 0 Å². The Bertz CT molecular complexity index is 546. The van der Waals surface area contributed by atoms with E-state index < -0.39 is 0 Å². The lowest BCUT2D eigenvalue weighted by Gasteiger charge is -2.05. The number of aromatic nitrogens is 2. The number of nitrogens with two attached hydrogens (primary N) is 1. The first-order valence-electron chi connectivity index (χ1n) is 5.77. The van der Waals surface area contributed by atoms with Crippen molar-refractivity contribution in [3.8, 4) is 0 Å². The molecule has 3 N–H and O–H groups in total. The number of nitrogens with zero attached hydrogens (tertiary/aromatic N) is 1. The SMILES string of the molecule is Nc1cc(Cl)cc2[nH]c(CC3CCCO3)nc12. The average Bonchev–Trinajstić information content (AvgIpc) is 2.87.